The van der Waals surface area contributed by atoms with Gasteiger partial charge in [-0.3, -0.25) is 9.48 Å². The van der Waals surface area contributed by atoms with Crippen LogP contribution in [0.25, 0.3) is 0 Å². The number of thiazole rings is 1. The van der Waals surface area contributed by atoms with Crippen LogP contribution < -0.4 is 11.1 Å². The van der Waals surface area contributed by atoms with Gasteiger partial charge in [0, 0.05) is 18.1 Å². The van der Waals surface area contributed by atoms with Crippen LogP contribution in [-0.4, -0.2) is 20.7 Å². The Hall–Kier alpha value is -1.89. The van der Waals surface area contributed by atoms with E-state index in [1.165, 1.54) is 11.3 Å². The molecule has 16 heavy (non-hydrogen) atoms. The first-order valence-electron chi connectivity index (χ1n) is 4.74. The summed E-state index contributed by atoms with van der Waals surface area (Å²) in [6.07, 6.45) is 3.35. The summed E-state index contributed by atoms with van der Waals surface area (Å²) < 4.78 is 1.73. The summed E-state index contributed by atoms with van der Waals surface area (Å²) >= 11 is 1.24. The van der Waals surface area contributed by atoms with E-state index in [4.69, 9.17) is 5.73 Å². The minimum Gasteiger partial charge on any atom is -0.375 e. The number of nitrogens with two attached hydrogens (primary N) is 1. The van der Waals surface area contributed by atoms with Crippen molar-refractivity contribution in [1.82, 2.24) is 14.8 Å². The SMILES string of the molecule is CCn1cc(NC(=O)c2csc(N)n2)cn1. The van der Waals surface area contributed by atoms with Gasteiger partial charge in [0.1, 0.15) is 5.69 Å². The van der Waals surface area contributed by atoms with Crippen molar-refractivity contribution in [1.29, 1.82) is 0 Å². The molecule has 0 aliphatic heterocycles. The molecule has 0 aliphatic rings. The monoisotopic (exact) mass is 237 g/mol. The molecule has 0 aromatic carbocycles. The van der Waals surface area contributed by atoms with Crippen molar-refractivity contribution in [3.05, 3.63) is 23.5 Å². The Kier molecular flexibility index (Phi) is 2.86. The van der Waals surface area contributed by atoms with E-state index in [1.54, 1.807) is 22.5 Å². The molecule has 0 saturated carbocycles. The van der Waals surface area contributed by atoms with Crippen molar-refractivity contribution in [2.45, 2.75) is 13.5 Å². The van der Waals surface area contributed by atoms with E-state index >= 15 is 0 Å². The van der Waals surface area contributed by atoms with Gasteiger partial charge < -0.3 is 11.1 Å². The molecule has 0 bridgehead atoms. The second kappa shape index (κ2) is 4.31. The van der Waals surface area contributed by atoms with Gasteiger partial charge in [0.05, 0.1) is 11.9 Å². The fourth-order valence-electron chi connectivity index (χ4n) is 1.19. The predicted octanol–water partition coefficient (Wildman–Crippen LogP) is 1.19. The van der Waals surface area contributed by atoms with Gasteiger partial charge in [0.2, 0.25) is 0 Å². The van der Waals surface area contributed by atoms with E-state index < -0.39 is 0 Å². The molecule has 6 nitrogen and oxygen atoms in total. The Labute approximate surface area is 96.1 Å². The molecular weight excluding hydrogens is 226 g/mol. The smallest absolute Gasteiger partial charge is 0.275 e. The number of nitrogens with zero attached hydrogens (tertiary/aromatic N) is 3. The lowest BCUT2D eigenvalue weighted by atomic mass is 10.4. The van der Waals surface area contributed by atoms with Gasteiger partial charge >= 0.3 is 0 Å². The molecule has 0 atom stereocenters. The Morgan fingerprint density at radius 1 is 1.69 bits per heavy atom. The van der Waals surface area contributed by atoms with Crippen LogP contribution >= 0.6 is 11.3 Å². The average molecular weight is 237 g/mol. The molecule has 0 saturated heterocycles. The lowest BCUT2D eigenvalue weighted by molar-refractivity contribution is 0.102. The summed E-state index contributed by atoms with van der Waals surface area (Å²) in [5.74, 6) is -0.274. The van der Waals surface area contributed by atoms with Crippen LogP contribution in [0.4, 0.5) is 10.8 Å². The third-order valence-corrected chi connectivity index (χ3v) is 2.64. The largest absolute Gasteiger partial charge is 0.375 e. The first-order valence-corrected chi connectivity index (χ1v) is 5.62. The minimum atomic E-state index is -0.274. The van der Waals surface area contributed by atoms with E-state index in [0.29, 0.717) is 16.5 Å². The maximum atomic E-state index is 11.7. The number of nitrogen functional groups attached to an aromatic ring is 1. The highest BCUT2D eigenvalue weighted by molar-refractivity contribution is 7.13. The second-order valence-electron chi connectivity index (χ2n) is 3.11. The van der Waals surface area contributed by atoms with Gasteiger partial charge in [0.25, 0.3) is 5.91 Å². The van der Waals surface area contributed by atoms with Crippen LogP contribution in [0.2, 0.25) is 0 Å². The van der Waals surface area contributed by atoms with E-state index in [2.05, 4.69) is 15.4 Å². The number of rotatable bonds is 3. The molecule has 3 N–H and O–H groups in total. The number of aryl methyl sites for hydroxylation is 1. The molecule has 0 unspecified atom stereocenters. The first-order chi connectivity index (χ1) is 7.69. The maximum Gasteiger partial charge on any atom is 0.275 e. The fourth-order valence-corrected chi connectivity index (χ4v) is 1.73. The summed E-state index contributed by atoms with van der Waals surface area (Å²) in [6.45, 7) is 2.74. The summed E-state index contributed by atoms with van der Waals surface area (Å²) in [7, 11) is 0. The number of hydrogen-bond donors (Lipinski definition) is 2. The summed E-state index contributed by atoms with van der Waals surface area (Å²) in [4.78, 5) is 15.6. The van der Waals surface area contributed by atoms with Crippen LogP contribution in [0.3, 0.4) is 0 Å². The topological polar surface area (TPSA) is 85.8 Å². The van der Waals surface area contributed by atoms with Crippen molar-refractivity contribution in [3.63, 3.8) is 0 Å². The maximum absolute atomic E-state index is 11.7. The number of amides is 1. The lowest BCUT2D eigenvalue weighted by Crippen LogP contribution is -2.11. The number of carbonyl (C=O) groups is 1. The second-order valence-corrected chi connectivity index (χ2v) is 4.00. The highest BCUT2D eigenvalue weighted by atomic mass is 32.1. The molecule has 0 radical (unpaired) electrons. The lowest BCUT2D eigenvalue weighted by Gasteiger charge is -1.97. The Balaban J connectivity index is 2.07. The number of aromatic nitrogens is 3. The molecule has 1 amide bonds. The van der Waals surface area contributed by atoms with Crippen molar-refractivity contribution in [2.75, 3.05) is 11.1 Å². The minimum absolute atomic E-state index is 0.274. The fraction of sp³-hybridized carbons (Fsp3) is 0.222. The number of hydrogen-bond acceptors (Lipinski definition) is 5. The molecule has 7 heteroatoms. The molecule has 84 valence electrons. The predicted molar refractivity (Wildman–Crippen MR) is 62.4 cm³/mol. The summed E-state index contributed by atoms with van der Waals surface area (Å²) in [5.41, 5.74) is 6.42. The van der Waals surface area contributed by atoms with E-state index in [1.807, 2.05) is 6.92 Å². The first kappa shape index (κ1) is 10.6. The zero-order chi connectivity index (χ0) is 11.5. The van der Waals surface area contributed by atoms with Gasteiger partial charge in [-0.25, -0.2) is 4.98 Å². The van der Waals surface area contributed by atoms with Crippen LogP contribution in [0.5, 0.6) is 0 Å². The van der Waals surface area contributed by atoms with E-state index in [9.17, 15) is 4.79 Å². The highest BCUT2D eigenvalue weighted by Crippen LogP contribution is 2.13. The van der Waals surface area contributed by atoms with Gasteiger partial charge in [0.15, 0.2) is 5.13 Å². The van der Waals surface area contributed by atoms with Crippen molar-refractivity contribution < 1.29 is 4.79 Å². The molecule has 2 aromatic heterocycles. The molecule has 0 fully saturated rings. The van der Waals surface area contributed by atoms with Crippen LogP contribution in [0, 0.1) is 0 Å². The third-order valence-electron chi connectivity index (χ3n) is 1.97. The number of nitrogens with one attached hydrogen (secondary N) is 1. The molecule has 0 spiro atoms. The van der Waals surface area contributed by atoms with Crippen LogP contribution in [0.1, 0.15) is 17.4 Å². The summed E-state index contributed by atoms with van der Waals surface area (Å²) in [5, 5.41) is 8.74. The molecular formula is C9H11N5OS. The standard InChI is InChI=1S/C9H11N5OS/c1-2-14-4-6(3-11-14)12-8(15)7-5-16-9(10)13-7/h3-5H,2H2,1H3,(H2,10,13)(H,12,15). The zero-order valence-electron chi connectivity index (χ0n) is 8.67. The highest BCUT2D eigenvalue weighted by Gasteiger charge is 2.10. The summed E-state index contributed by atoms with van der Waals surface area (Å²) in [6, 6.07) is 0. The number of anilines is 2. The molecule has 2 heterocycles. The normalized spacial score (nSPS) is 10.3. The Bertz CT molecular complexity index is 503. The molecule has 2 rings (SSSR count). The van der Waals surface area contributed by atoms with Crippen LogP contribution in [-0.2, 0) is 6.54 Å². The molecule has 0 aliphatic carbocycles. The Morgan fingerprint density at radius 2 is 2.50 bits per heavy atom. The quantitative estimate of drug-likeness (QED) is 0.839. The number of carbonyl (C=O) groups excluding carboxylic acids is 1. The van der Waals surface area contributed by atoms with Gasteiger partial charge in [-0.2, -0.15) is 5.10 Å². The Morgan fingerprint density at radius 3 is 3.06 bits per heavy atom. The zero-order valence-corrected chi connectivity index (χ0v) is 9.49. The van der Waals surface area contributed by atoms with Gasteiger partial charge in [-0.1, -0.05) is 0 Å². The van der Waals surface area contributed by atoms with Crippen molar-refractivity contribution in [2.24, 2.45) is 0 Å². The van der Waals surface area contributed by atoms with E-state index in [-0.39, 0.29) is 5.91 Å². The average Bonchev–Trinajstić information content (AvgIpc) is 2.87. The van der Waals surface area contributed by atoms with E-state index in [0.717, 1.165) is 6.54 Å². The van der Waals surface area contributed by atoms with Crippen molar-refractivity contribution >= 4 is 28.1 Å². The van der Waals surface area contributed by atoms with Crippen LogP contribution in [0.15, 0.2) is 17.8 Å². The van der Waals surface area contributed by atoms with Crippen molar-refractivity contribution in [3.8, 4) is 0 Å². The van der Waals surface area contributed by atoms with Gasteiger partial charge in [-0.05, 0) is 6.92 Å². The van der Waals surface area contributed by atoms with Gasteiger partial charge in [-0.15, -0.1) is 11.3 Å². The molecule has 2 aromatic rings. The third kappa shape index (κ3) is 2.19.